The summed E-state index contributed by atoms with van der Waals surface area (Å²) in [6.45, 7) is 1.86. The highest BCUT2D eigenvalue weighted by atomic mass is 16.4. The van der Waals surface area contributed by atoms with Crippen molar-refractivity contribution in [2.24, 2.45) is 11.8 Å². The van der Waals surface area contributed by atoms with Gasteiger partial charge in [-0.25, -0.2) is 4.79 Å². The van der Waals surface area contributed by atoms with E-state index in [1.54, 1.807) is 0 Å². The first-order valence-corrected chi connectivity index (χ1v) is 10.0. The minimum absolute atomic E-state index is 0.0946. The van der Waals surface area contributed by atoms with Gasteiger partial charge in [0.05, 0.1) is 5.92 Å². The monoisotopic (exact) mass is 379 g/mol. The molecule has 3 N–H and O–H groups in total. The number of imide groups is 1. The number of aliphatic carboxylic acids is 1. The zero-order chi connectivity index (χ0) is 19.6. The third-order valence-corrected chi connectivity index (χ3v) is 6.53. The number of carbonyl (C=O) groups is 4. The summed E-state index contributed by atoms with van der Waals surface area (Å²) in [5.74, 6) is -1.19. The van der Waals surface area contributed by atoms with Crippen LogP contribution in [0, 0.1) is 11.8 Å². The van der Waals surface area contributed by atoms with Crippen molar-refractivity contribution in [3.05, 3.63) is 0 Å². The second kappa shape index (κ2) is 7.86. The molecule has 3 aliphatic rings. The van der Waals surface area contributed by atoms with E-state index in [1.165, 1.54) is 0 Å². The van der Waals surface area contributed by atoms with Crippen molar-refractivity contribution in [3.8, 4) is 0 Å². The molecular formula is C19H29N3O5. The van der Waals surface area contributed by atoms with Crippen LogP contribution in [0.1, 0.15) is 64.7 Å². The Balaban J connectivity index is 1.52. The molecule has 0 atom stereocenters. The fourth-order valence-electron chi connectivity index (χ4n) is 4.64. The average Bonchev–Trinajstić information content (AvgIpc) is 2.87. The zero-order valence-electron chi connectivity index (χ0n) is 15.8. The lowest BCUT2D eigenvalue weighted by atomic mass is 9.75. The number of urea groups is 1. The number of rotatable bonds is 5. The van der Waals surface area contributed by atoms with Gasteiger partial charge in [-0.05, 0) is 57.3 Å². The molecule has 150 valence electrons. The lowest BCUT2D eigenvalue weighted by Gasteiger charge is -2.34. The molecule has 8 nitrogen and oxygen atoms in total. The van der Waals surface area contributed by atoms with Crippen LogP contribution >= 0.6 is 0 Å². The fraction of sp³-hybridized carbons (Fsp3) is 0.789. The van der Waals surface area contributed by atoms with E-state index in [9.17, 15) is 19.2 Å². The maximum absolute atomic E-state index is 12.8. The minimum atomic E-state index is -0.831. The van der Waals surface area contributed by atoms with Crippen molar-refractivity contribution in [1.29, 1.82) is 0 Å². The van der Waals surface area contributed by atoms with E-state index in [2.05, 4.69) is 17.6 Å². The lowest BCUT2D eigenvalue weighted by molar-refractivity contribution is -0.143. The zero-order valence-corrected chi connectivity index (χ0v) is 15.8. The number of carboxylic acids is 1. The molecule has 0 aromatic heterocycles. The highest BCUT2D eigenvalue weighted by Gasteiger charge is 2.52. The van der Waals surface area contributed by atoms with Crippen LogP contribution in [0.5, 0.6) is 0 Å². The van der Waals surface area contributed by atoms with Gasteiger partial charge in [-0.2, -0.15) is 0 Å². The van der Waals surface area contributed by atoms with Crippen LogP contribution < -0.4 is 10.6 Å². The quantitative estimate of drug-likeness (QED) is 0.628. The Kier molecular flexibility index (Phi) is 5.72. The van der Waals surface area contributed by atoms with Gasteiger partial charge in [0.2, 0.25) is 5.91 Å². The van der Waals surface area contributed by atoms with E-state index in [4.69, 9.17) is 5.11 Å². The van der Waals surface area contributed by atoms with Gasteiger partial charge in [-0.15, -0.1) is 0 Å². The number of carbonyl (C=O) groups excluding carboxylic acids is 3. The topological polar surface area (TPSA) is 116 Å². The highest BCUT2D eigenvalue weighted by molar-refractivity contribution is 6.09. The second-order valence-corrected chi connectivity index (χ2v) is 8.21. The first kappa shape index (κ1) is 19.6. The SMILES string of the molecule is CCC1CCC2(CC1)NC(=O)N(CC(=O)NC1CCC(C(=O)O)CC1)C2=O. The first-order valence-electron chi connectivity index (χ1n) is 10.0. The third kappa shape index (κ3) is 4.09. The smallest absolute Gasteiger partial charge is 0.325 e. The van der Waals surface area contributed by atoms with Crippen LogP contribution in [-0.4, -0.2) is 51.9 Å². The number of carboxylic acid groups (broad SMARTS) is 1. The predicted octanol–water partition coefficient (Wildman–Crippen LogP) is 1.64. The van der Waals surface area contributed by atoms with Gasteiger partial charge in [-0.1, -0.05) is 13.3 Å². The molecule has 4 amide bonds. The molecule has 0 aromatic carbocycles. The summed E-state index contributed by atoms with van der Waals surface area (Å²) in [6.07, 6.45) is 6.44. The first-order chi connectivity index (χ1) is 12.8. The molecule has 1 saturated heterocycles. The normalized spacial score (nSPS) is 33.8. The second-order valence-electron chi connectivity index (χ2n) is 8.21. The third-order valence-electron chi connectivity index (χ3n) is 6.53. The summed E-state index contributed by atoms with van der Waals surface area (Å²) in [7, 11) is 0. The molecule has 0 aromatic rings. The largest absolute Gasteiger partial charge is 0.481 e. The molecule has 1 spiro atoms. The molecule has 1 heterocycles. The van der Waals surface area contributed by atoms with E-state index < -0.39 is 17.5 Å². The maximum Gasteiger partial charge on any atom is 0.325 e. The van der Waals surface area contributed by atoms with Gasteiger partial charge in [0.25, 0.3) is 5.91 Å². The summed E-state index contributed by atoms with van der Waals surface area (Å²) in [4.78, 5) is 49.5. The molecule has 3 rings (SSSR count). The Morgan fingerprint density at radius 3 is 2.33 bits per heavy atom. The molecule has 1 aliphatic heterocycles. The summed E-state index contributed by atoms with van der Waals surface area (Å²) in [5.41, 5.74) is -0.831. The van der Waals surface area contributed by atoms with Crippen LogP contribution in [-0.2, 0) is 14.4 Å². The lowest BCUT2D eigenvalue weighted by Crippen LogP contribution is -2.50. The van der Waals surface area contributed by atoms with Crippen LogP contribution in [0.15, 0.2) is 0 Å². The van der Waals surface area contributed by atoms with Gasteiger partial charge in [0.1, 0.15) is 12.1 Å². The Morgan fingerprint density at radius 1 is 1.15 bits per heavy atom. The van der Waals surface area contributed by atoms with Crippen molar-refractivity contribution < 1.29 is 24.3 Å². The highest BCUT2D eigenvalue weighted by Crippen LogP contribution is 2.37. The Hall–Kier alpha value is -2.12. The molecule has 2 saturated carbocycles. The van der Waals surface area contributed by atoms with Crippen molar-refractivity contribution in [2.75, 3.05) is 6.54 Å². The van der Waals surface area contributed by atoms with E-state index in [0.717, 1.165) is 24.2 Å². The average molecular weight is 379 g/mol. The van der Waals surface area contributed by atoms with Gasteiger partial charge in [-0.3, -0.25) is 19.3 Å². The van der Waals surface area contributed by atoms with Crippen molar-refractivity contribution in [3.63, 3.8) is 0 Å². The molecule has 2 aliphatic carbocycles. The van der Waals surface area contributed by atoms with Crippen molar-refractivity contribution >= 4 is 23.8 Å². The van der Waals surface area contributed by atoms with Crippen molar-refractivity contribution in [1.82, 2.24) is 15.5 Å². The van der Waals surface area contributed by atoms with Gasteiger partial charge in [0.15, 0.2) is 0 Å². The van der Waals surface area contributed by atoms with E-state index in [-0.39, 0.29) is 30.3 Å². The molecule has 8 heteroatoms. The number of nitrogens with one attached hydrogen (secondary N) is 2. The van der Waals surface area contributed by atoms with Gasteiger partial charge < -0.3 is 15.7 Å². The summed E-state index contributed by atoms with van der Waals surface area (Å²) < 4.78 is 0. The van der Waals surface area contributed by atoms with Gasteiger partial charge >= 0.3 is 12.0 Å². The molecule has 27 heavy (non-hydrogen) atoms. The minimum Gasteiger partial charge on any atom is -0.481 e. The number of hydrogen-bond acceptors (Lipinski definition) is 4. The summed E-state index contributed by atoms with van der Waals surface area (Å²) >= 11 is 0. The van der Waals surface area contributed by atoms with Crippen molar-refractivity contribution in [2.45, 2.75) is 76.3 Å². The van der Waals surface area contributed by atoms with Crippen LogP contribution in [0.25, 0.3) is 0 Å². The molecular weight excluding hydrogens is 350 g/mol. The van der Waals surface area contributed by atoms with E-state index >= 15 is 0 Å². The van der Waals surface area contributed by atoms with Crippen LogP contribution in [0.4, 0.5) is 4.79 Å². The molecule has 0 radical (unpaired) electrons. The molecule has 3 fully saturated rings. The molecule has 0 unspecified atom stereocenters. The Labute approximate surface area is 159 Å². The fourth-order valence-corrected chi connectivity index (χ4v) is 4.64. The maximum atomic E-state index is 12.8. The Bertz CT molecular complexity index is 619. The van der Waals surface area contributed by atoms with Crippen LogP contribution in [0.2, 0.25) is 0 Å². The number of amides is 4. The number of nitrogens with zero attached hydrogens (tertiary/aromatic N) is 1. The number of hydrogen-bond donors (Lipinski definition) is 3. The van der Waals surface area contributed by atoms with Crippen LogP contribution in [0.3, 0.4) is 0 Å². The predicted molar refractivity (Wildman–Crippen MR) is 96.7 cm³/mol. The summed E-state index contributed by atoms with van der Waals surface area (Å²) in [6, 6.07) is -0.581. The summed E-state index contributed by atoms with van der Waals surface area (Å²) in [5, 5.41) is 14.7. The van der Waals surface area contributed by atoms with E-state index in [1.807, 2.05) is 0 Å². The van der Waals surface area contributed by atoms with Gasteiger partial charge in [0, 0.05) is 6.04 Å². The van der Waals surface area contributed by atoms with E-state index in [0.29, 0.717) is 44.4 Å². The Morgan fingerprint density at radius 2 is 1.78 bits per heavy atom. The standard InChI is InChI=1S/C19H29N3O5/c1-2-12-7-9-19(10-8-12)17(26)22(18(27)21-19)11-15(23)20-14-5-3-13(4-6-14)16(24)25/h12-14H,2-11H2,1H3,(H,20,23)(H,21,27)(H,24,25). The molecule has 0 bridgehead atoms.